The van der Waals surface area contributed by atoms with Gasteiger partial charge in [0.1, 0.15) is 36.6 Å². The lowest BCUT2D eigenvalue weighted by molar-refractivity contribution is -0.219. The Bertz CT molecular complexity index is 480. The Balaban J connectivity index is 0.000000263. The van der Waals surface area contributed by atoms with Crippen LogP contribution in [0.1, 0.15) is 64.2 Å². The van der Waals surface area contributed by atoms with E-state index in [4.69, 9.17) is 26.4 Å². The molecule has 0 spiro atoms. The van der Waals surface area contributed by atoms with Gasteiger partial charge in [-0.1, -0.05) is 38.5 Å². The van der Waals surface area contributed by atoms with Crippen LogP contribution in [0, 0.1) is 0 Å². The molecule has 30 heavy (non-hydrogen) atoms. The maximum atomic E-state index is 10.5. The standard InChI is InChI=1S/2C6H13N.C6H13O9P/c2*7-6-4-2-1-3-5-6;7-1-2(8)4(10)6(5(11)3(1)9)15-16(12,13)14/h2*6H,1-5,7H2;1-11H,(H2,12,13,14)/t;;1?,2-,3+,4+,5-,6?. The fraction of sp³-hybridized carbons (Fsp3) is 1.00. The molecule has 2 unspecified atom stereocenters. The van der Waals surface area contributed by atoms with Crippen molar-refractivity contribution >= 4 is 7.82 Å². The first kappa shape index (κ1) is 27.9. The second-order valence-corrected chi connectivity index (χ2v) is 9.50. The Morgan fingerprint density at radius 1 is 0.600 bits per heavy atom. The normalized spacial score (nSPS) is 36.2. The van der Waals surface area contributed by atoms with Crippen molar-refractivity contribution in [2.45, 2.75) is 113 Å². The zero-order chi connectivity index (χ0) is 22.9. The number of phosphoric ester groups is 1. The fourth-order valence-electron chi connectivity index (χ4n) is 3.75. The van der Waals surface area contributed by atoms with E-state index >= 15 is 0 Å². The molecule has 0 aliphatic heterocycles. The summed E-state index contributed by atoms with van der Waals surface area (Å²) in [6, 6.07) is 1.07. The Kier molecular flexibility index (Phi) is 12.4. The maximum absolute atomic E-state index is 10.5. The lowest BCUT2D eigenvalue weighted by Gasteiger charge is -2.41. The second-order valence-electron chi connectivity index (χ2n) is 8.31. The number of phosphoric acid groups is 1. The molecule has 0 saturated heterocycles. The van der Waals surface area contributed by atoms with Crippen LogP contribution >= 0.6 is 7.82 Å². The van der Waals surface area contributed by atoms with Gasteiger partial charge in [0.05, 0.1) is 0 Å². The summed E-state index contributed by atoms with van der Waals surface area (Å²) in [5.41, 5.74) is 11.3. The molecule has 11 nitrogen and oxygen atoms in total. The molecule has 0 amide bonds. The van der Waals surface area contributed by atoms with Gasteiger partial charge in [0.25, 0.3) is 0 Å². The maximum Gasteiger partial charge on any atom is 0.470 e. The van der Waals surface area contributed by atoms with E-state index in [0.29, 0.717) is 12.1 Å². The van der Waals surface area contributed by atoms with Crippen molar-refractivity contribution in [2.24, 2.45) is 11.5 Å². The van der Waals surface area contributed by atoms with E-state index < -0.39 is 44.4 Å². The van der Waals surface area contributed by atoms with Crippen LogP contribution in [-0.4, -0.2) is 84.0 Å². The average molecular weight is 458 g/mol. The first-order chi connectivity index (χ1) is 13.9. The SMILES string of the molecule is NC1CCCCC1.NC1CCCCC1.O=P(O)(O)OC1[C@@H](O)[C@H](O)C(O)[C@H](O)[C@H]1O. The largest absolute Gasteiger partial charge is 0.470 e. The summed E-state index contributed by atoms with van der Waals surface area (Å²) in [5.74, 6) is 0. The number of nitrogens with two attached hydrogens (primary N) is 2. The van der Waals surface area contributed by atoms with Crippen molar-refractivity contribution in [1.29, 1.82) is 0 Å². The van der Waals surface area contributed by atoms with Gasteiger partial charge in [0, 0.05) is 12.1 Å². The molecule has 6 atom stereocenters. The van der Waals surface area contributed by atoms with Gasteiger partial charge >= 0.3 is 7.82 Å². The predicted octanol–water partition coefficient (Wildman–Crippen LogP) is -1.16. The van der Waals surface area contributed by atoms with Gasteiger partial charge in [-0.25, -0.2) is 4.57 Å². The van der Waals surface area contributed by atoms with Crippen LogP contribution in [-0.2, 0) is 9.09 Å². The van der Waals surface area contributed by atoms with E-state index in [1.807, 2.05) is 0 Å². The second kappa shape index (κ2) is 13.4. The van der Waals surface area contributed by atoms with E-state index in [-0.39, 0.29) is 0 Å². The van der Waals surface area contributed by atoms with E-state index in [1.54, 1.807) is 0 Å². The van der Waals surface area contributed by atoms with Crippen LogP contribution in [0.5, 0.6) is 0 Å². The molecule has 0 aromatic rings. The third kappa shape index (κ3) is 9.97. The highest BCUT2D eigenvalue weighted by Gasteiger charge is 2.50. The highest BCUT2D eigenvalue weighted by Crippen LogP contribution is 2.41. The molecule has 0 aromatic heterocycles. The summed E-state index contributed by atoms with van der Waals surface area (Å²) in [7, 11) is -5.01. The van der Waals surface area contributed by atoms with Gasteiger partial charge in [-0.2, -0.15) is 0 Å². The number of hydrogen-bond acceptors (Lipinski definition) is 9. The molecule has 0 aromatic carbocycles. The van der Waals surface area contributed by atoms with Gasteiger partial charge in [-0.3, -0.25) is 4.52 Å². The molecule has 0 radical (unpaired) electrons. The van der Waals surface area contributed by atoms with Crippen LogP contribution in [0.15, 0.2) is 0 Å². The summed E-state index contributed by atoms with van der Waals surface area (Å²) >= 11 is 0. The van der Waals surface area contributed by atoms with E-state index in [1.165, 1.54) is 64.2 Å². The quantitative estimate of drug-likeness (QED) is 0.225. The topological polar surface area (TPSA) is 220 Å². The predicted molar refractivity (Wildman–Crippen MR) is 109 cm³/mol. The van der Waals surface area contributed by atoms with Crippen molar-refractivity contribution in [3.63, 3.8) is 0 Å². The molecule has 0 bridgehead atoms. The number of aliphatic hydroxyl groups is 5. The zero-order valence-corrected chi connectivity index (χ0v) is 18.1. The van der Waals surface area contributed by atoms with Crippen molar-refractivity contribution in [1.82, 2.24) is 0 Å². The monoisotopic (exact) mass is 458 g/mol. The molecule has 3 saturated carbocycles. The first-order valence-electron chi connectivity index (χ1n) is 10.6. The summed E-state index contributed by atoms with van der Waals surface area (Å²) in [6.45, 7) is 0. The van der Waals surface area contributed by atoms with E-state index in [9.17, 15) is 25.0 Å². The minimum Gasteiger partial charge on any atom is -0.387 e. The molecule has 12 heteroatoms. The van der Waals surface area contributed by atoms with Crippen molar-refractivity contribution in [3.05, 3.63) is 0 Å². The van der Waals surface area contributed by atoms with Crippen LogP contribution in [0.3, 0.4) is 0 Å². The van der Waals surface area contributed by atoms with Crippen LogP contribution in [0.2, 0.25) is 0 Å². The molecule has 3 aliphatic rings. The minimum absolute atomic E-state index is 0.536. The first-order valence-corrected chi connectivity index (χ1v) is 12.1. The van der Waals surface area contributed by atoms with Gasteiger partial charge in [0.2, 0.25) is 0 Å². The van der Waals surface area contributed by atoms with Crippen LogP contribution in [0.4, 0.5) is 0 Å². The van der Waals surface area contributed by atoms with E-state index in [2.05, 4.69) is 4.52 Å². The van der Waals surface area contributed by atoms with Gasteiger partial charge in [0.15, 0.2) is 0 Å². The molecular formula is C18H39N2O9P. The van der Waals surface area contributed by atoms with E-state index in [0.717, 1.165) is 0 Å². The molecule has 3 fully saturated rings. The van der Waals surface area contributed by atoms with Crippen molar-refractivity contribution in [3.8, 4) is 0 Å². The Morgan fingerprint density at radius 3 is 1.13 bits per heavy atom. The molecular weight excluding hydrogens is 419 g/mol. The molecule has 3 aliphatic carbocycles. The summed E-state index contributed by atoms with van der Waals surface area (Å²) in [6.07, 6.45) is 1.98. The lowest BCUT2D eigenvalue weighted by atomic mass is 9.85. The summed E-state index contributed by atoms with van der Waals surface area (Å²) < 4.78 is 14.5. The third-order valence-corrected chi connectivity index (χ3v) is 6.15. The Morgan fingerprint density at radius 2 is 0.900 bits per heavy atom. The smallest absolute Gasteiger partial charge is 0.387 e. The van der Waals surface area contributed by atoms with Gasteiger partial charge in [-0.15, -0.1) is 0 Å². The summed E-state index contributed by atoms with van der Waals surface area (Å²) in [5, 5.41) is 46.1. The fourth-order valence-corrected chi connectivity index (χ4v) is 4.31. The minimum atomic E-state index is -5.01. The highest BCUT2D eigenvalue weighted by molar-refractivity contribution is 7.46. The number of hydrogen-bond donors (Lipinski definition) is 9. The van der Waals surface area contributed by atoms with Crippen LogP contribution in [0.25, 0.3) is 0 Å². The van der Waals surface area contributed by atoms with Gasteiger partial charge in [-0.05, 0) is 25.7 Å². The van der Waals surface area contributed by atoms with Crippen molar-refractivity contribution < 1.29 is 44.4 Å². The highest BCUT2D eigenvalue weighted by atomic mass is 31.2. The zero-order valence-electron chi connectivity index (χ0n) is 17.2. The molecule has 3 rings (SSSR count). The Hall–Kier alpha value is -0.170. The number of rotatable bonds is 2. The molecule has 0 heterocycles. The van der Waals surface area contributed by atoms with Crippen molar-refractivity contribution in [2.75, 3.05) is 0 Å². The van der Waals surface area contributed by atoms with Gasteiger partial charge < -0.3 is 46.8 Å². The molecule has 180 valence electrons. The number of aliphatic hydroxyl groups excluding tert-OH is 5. The lowest BCUT2D eigenvalue weighted by Crippen LogP contribution is -2.64. The third-order valence-electron chi connectivity index (χ3n) is 5.63. The van der Waals surface area contributed by atoms with Crippen LogP contribution < -0.4 is 11.5 Å². The Labute approximate surface area is 177 Å². The molecule has 11 N–H and O–H groups in total. The summed E-state index contributed by atoms with van der Waals surface area (Å²) in [4.78, 5) is 17.0. The average Bonchev–Trinajstić information content (AvgIpc) is 2.70.